The summed E-state index contributed by atoms with van der Waals surface area (Å²) in [5.41, 5.74) is -0.703. The van der Waals surface area contributed by atoms with Crippen molar-refractivity contribution >= 4 is 22.9 Å². The number of carbonyl (C=O) groups excluding carboxylic acids is 1. The van der Waals surface area contributed by atoms with Gasteiger partial charge in [0.25, 0.3) is 5.56 Å². The number of fused-ring (bicyclic) bond motifs is 1. The Morgan fingerprint density at radius 2 is 1.93 bits per heavy atom. The van der Waals surface area contributed by atoms with E-state index in [4.69, 9.17) is 4.74 Å². The molecule has 3 rings (SSSR count). The molecule has 0 spiro atoms. The standard InChI is InChI=1S/C18H12F3N3O3/c19-18(20,21)13-5-3-4-12(10-13)8-9-16(25)27-11-24-17(26)14-6-1-2-7-15(14)22-23-24/h1-10H,11H2. The van der Waals surface area contributed by atoms with Gasteiger partial charge >= 0.3 is 12.1 Å². The first-order valence-electron chi connectivity index (χ1n) is 7.69. The number of halogens is 3. The third-order valence-electron chi connectivity index (χ3n) is 3.58. The topological polar surface area (TPSA) is 74.1 Å². The minimum atomic E-state index is -4.47. The molecular weight excluding hydrogens is 363 g/mol. The molecule has 9 heteroatoms. The summed E-state index contributed by atoms with van der Waals surface area (Å²) >= 11 is 0. The Balaban J connectivity index is 1.68. The van der Waals surface area contributed by atoms with Crippen LogP contribution >= 0.6 is 0 Å². The zero-order chi connectivity index (χ0) is 19.4. The fourth-order valence-corrected chi connectivity index (χ4v) is 2.26. The van der Waals surface area contributed by atoms with Crippen molar-refractivity contribution in [2.24, 2.45) is 0 Å². The summed E-state index contributed by atoms with van der Waals surface area (Å²) in [4.78, 5) is 23.9. The number of hydrogen-bond donors (Lipinski definition) is 0. The quantitative estimate of drug-likeness (QED) is 0.518. The summed E-state index contributed by atoms with van der Waals surface area (Å²) in [6.45, 7) is -0.470. The van der Waals surface area contributed by atoms with Crippen molar-refractivity contribution in [2.75, 3.05) is 0 Å². The van der Waals surface area contributed by atoms with Gasteiger partial charge in [0.2, 0.25) is 0 Å². The maximum Gasteiger partial charge on any atom is 0.416 e. The van der Waals surface area contributed by atoms with E-state index in [-0.39, 0.29) is 5.56 Å². The van der Waals surface area contributed by atoms with E-state index in [1.165, 1.54) is 18.2 Å². The van der Waals surface area contributed by atoms with Gasteiger partial charge in [-0.05, 0) is 35.9 Å². The number of nitrogens with zero attached hydrogens (tertiary/aromatic N) is 3. The Kier molecular flexibility index (Phi) is 5.02. The van der Waals surface area contributed by atoms with E-state index >= 15 is 0 Å². The molecule has 6 nitrogen and oxygen atoms in total. The SMILES string of the molecule is O=C(C=Cc1cccc(C(F)(F)F)c1)OCn1nnc2ccccc2c1=O. The minimum Gasteiger partial charge on any atom is -0.439 e. The number of hydrogen-bond acceptors (Lipinski definition) is 5. The van der Waals surface area contributed by atoms with Crippen molar-refractivity contribution in [2.45, 2.75) is 12.9 Å². The first kappa shape index (κ1) is 18.3. The zero-order valence-corrected chi connectivity index (χ0v) is 13.7. The van der Waals surface area contributed by atoms with E-state index < -0.39 is 30.0 Å². The predicted octanol–water partition coefficient (Wildman–Crippen LogP) is 3.02. The van der Waals surface area contributed by atoms with Crippen LogP contribution in [0.3, 0.4) is 0 Å². The lowest BCUT2D eigenvalue weighted by atomic mass is 10.1. The van der Waals surface area contributed by atoms with Gasteiger partial charge in [0, 0.05) is 6.08 Å². The molecule has 0 atom stereocenters. The van der Waals surface area contributed by atoms with Gasteiger partial charge in [-0.15, -0.1) is 5.10 Å². The van der Waals surface area contributed by atoms with Gasteiger partial charge in [0.1, 0.15) is 5.52 Å². The number of aromatic nitrogens is 3. The number of ether oxygens (including phenoxy) is 1. The lowest BCUT2D eigenvalue weighted by Gasteiger charge is -2.06. The second-order valence-corrected chi connectivity index (χ2v) is 5.46. The van der Waals surface area contributed by atoms with Crippen molar-refractivity contribution in [3.8, 4) is 0 Å². The fourth-order valence-electron chi connectivity index (χ4n) is 2.26. The van der Waals surface area contributed by atoms with Crippen LogP contribution in [0.25, 0.3) is 17.0 Å². The van der Waals surface area contributed by atoms with E-state index in [1.54, 1.807) is 24.3 Å². The van der Waals surface area contributed by atoms with Gasteiger partial charge in [-0.3, -0.25) is 4.79 Å². The molecular formula is C18H12F3N3O3. The Labute approximate surface area is 150 Å². The highest BCUT2D eigenvalue weighted by Crippen LogP contribution is 2.29. The van der Waals surface area contributed by atoms with Crippen LogP contribution in [0, 0.1) is 0 Å². The number of rotatable bonds is 4. The van der Waals surface area contributed by atoms with E-state index in [2.05, 4.69) is 10.3 Å². The smallest absolute Gasteiger partial charge is 0.416 e. The molecule has 0 saturated carbocycles. The summed E-state index contributed by atoms with van der Waals surface area (Å²) in [7, 11) is 0. The third kappa shape index (κ3) is 4.38. The number of benzene rings is 2. The van der Waals surface area contributed by atoms with Crippen molar-refractivity contribution in [3.05, 3.63) is 76.1 Å². The summed E-state index contributed by atoms with van der Waals surface area (Å²) in [6.07, 6.45) is -2.32. The number of esters is 1. The summed E-state index contributed by atoms with van der Waals surface area (Å²) < 4.78 is 43.8. The molecule has 2 aromatic carbocycles. The third-order valence-corrected chi connectivity index (χ3v) is 3.58. The van der Waals surface area contributed by atoms with E-state index in [0.717, 1.165) is 22.9 Å². The minimum absolute atomic E-state index is 0.185. The second-order valence-electron chi connectivity index (χ2n) is 5.46. The normalized spacial score (nSPS) is 11.8. The predicted molar refractivity (Wildman–Crippen MR) is 90.4 cm³/mol. The maximum absolute atomic E-state index is 12.7. The van der Waals surface area contributed by atoms with Gasteiger partial charge in [0.15, 0.2) is 6.73 Å². The second kappa shape index (κ2) is 7.40. The lowest BCUT2D eigenvalue weighted by Crippen LogP contribution is -2.26. The van der Waals surface area contributed by atoms with Crippen molar-refractivity contribution in [1.82, 2.24) is 15.0 Å². The Morgan fingerprint density at radius 1 is 1.15 bits per heavy atom. The Hall–Kier alpha value is -3.49. The Morgan fingerprint density at radius 3 is 2.70 bits per heavy atom. The fraction of sp³-hybridized carbons (Fsp3) is 0.111. The average molecular weight is 375 g/mol. The monoisotopic (exact) mass is 375 g/mol. The highest BCUT2D eigenvalue weighted by atomic mass is 19.4. The van der Waals surface area contributed by atoms with Crippen LogP contribution < -0.4 is 5.56 Å². The molecule has 1 heterocycles. The highest BCUT2D eigenvalue weighted by Gasteiger charge is 2.30. The van der Waals surface area contributed by atoms with Crippen LogP contribution in [0.5, 0.6) is 0 Å². The zero-order valence-electron chi connectivity index (χ0n) is 13.7. The first-order chi connectivity index (χ1) is 12.8. The van der Waals surface area contributed by atoms with Gasteiger partial charge < -0.3 is 4.74 Å². The summed E-state index contributed by atoms with van der Waals surface area (Å²) in [6, 6.07) is 11.1. The van der Waals surface area contributed by atoms with Crippen LogP contribution in [0.4, 0.5) is 13.2 Å². The molecule has 0 aliphatic carbocycles. The van der Waals surface area contributed by atoms with Crippen molar-refractivity contribution in [1.29, 1.82) is 0 Å². The molecule has 0 amide bonds. The van der Waals surface area contributed by atoms with Crippen molar-refractivity contribution in [3.63, 3.8) is 0 Å². The average Bonchev–Trinajstić information content (AvgIpc) is 2.65. The highest BCUT2D eigenvalue weighted by molar-refractivity contribution is 5.87. The number of alkyl halides is 3. The molecule has 0 unspecified atom stereocenters. The van der Waals surface area contributed by atoms with E-state index in [9.17, 15) is 22.8 Å². The van der Waals surface area contributed by atoms with Crippen LogP contribution in [0.2, 0.25) is 0 Å². The van der Waals surface area contributed by atoms with Gasteiger partial charge in [-0.25, -0.2) is 4.79 Å². The molecule has 0 aliphatic rings. The summed E-state index contributed by atoms with van der Waals surface area (Å²) in [5, 5.41) is 7.83. The molecule has 0 saturated heterocycles. The molecule has 27 heavy (non-hydrogen) atoms. The van der Waals surface area contributed by atoms with Crippen LogP contribution in [-0.4, -0.2) is 21.0 Å². The molecule has 138 valence electrons. The van der Waals surface area contributed by atoms with Crippen LogP contribution in [-0.2, 0) is 22.4 Å². The van der Waals surface area contributed by atoms with Gasteiger partial charge in [-0.2, -0.15) is 17.9 Å². The van der Waals surface area contributed by atoms with E-state index in [1.807, 2.05) is 0 Å². The molecule has 1 aromatic heterocycles. The molecule has 0 N–H and O–H groups in total. The molecule has 0 radical (unpaired) electrons. The number of carbonyl (C=O) groups is 1. The maximum atomic E-state index is 12.7. The summed E-state index contributed by atoms with van der Waals surface area (Å²) in [5.74, 6) is -0.839. The molecule has 0 fully saturated rings. The van der Waals surface area contributed by atoms with E-state index in [0.29, 0.717) is 10.9 Å². The van der Waals surface area contributed by atoms with Gasteiger partial charge in [-0.1, -0.05) is 29.5 Å². The largest absolute Gasteiger partial charge is 0.439 e. The van der Waals surface area contributed by atoms with Gasteiger partial charge in [0.05, 0.1) is 10.9 Å². The van der Waals surface area contributed by atoms with Crippen LogP contribution in [0.1, 0.15) is 11.1 Å². The first-order valence-corrected chi connectivity index (χ1v) is 7.69. The van der Waals surface area contributed by atoms with Crippen LogP contribution in [0.15, 0.2) is 59.4 Å². The molecule has 3 aromatic rings. The molecule has 0 aliphatic heterocycles. The Bertz CT molecular complexity index is 1070. The lowest BCUT2D eigenvalue weighted by molar-refractivity contribution is -0.142. The molecule has 0 bridgehead atoms. The van der Waals surface area contributed by atoms with Crippen molar-refractivity contribution < 1.29 is 22.7 Å².